The minimum atomic E-state index is -0.496. The van der Waals surface area contributed by atoms with Crippen molar-refractivity contribution in [2.24, 2.45) is 5.73 Å². The lowest BCUT2D eigenvalue weighted by Crippen LogP contribution is -2.43. The van der Waals surface area contributed by atoms with Gasteiger partial charge in [0, 0.05) is 30.7 Å². The van der Waals surface area contributed by atoms with Crippen LogP contribution in [0.5, 0.6) is 0 Å². The molecule has 0 saturated carbocycles. The lowest BCUT2D eigenvalue weighted by Gasteiger charge is -2.21. The predicted octanol–water partition coefficient (Wildman–Crippen LogP) is 1.11. The summed E-state index contributed by atoms with van der Waals surface area (Å²) >= 11 is 0. The van der Waals surface area contributed by atoms with Crippen molar-refractivity contribution in [2.75, 3.05) is 27.2 Å². The maximum absolute atomic E-state index is 12.3. The van der Waals surface area contributed by atoms with Crippen LogP contribution in [-0.4, -0.2) is 49.0 Å². The maximum Gasteiger partial charge on any atom is 0.239 e. The van der Waals surface area contributed by atoms with Gasteiger partial charge in [-0.25, -0.2) is 0 Å². The predicted molar refractivity (Wildman–Crippen MR) is 86.2 cm³/mol. The second-order valence-corrected chi connectivity index (χ2v) is 5.39. The van der Waals surface area contributed by atoms with E-state index in [1.54, 1.807) is 4.90 Å². The fourth-order valence-electron chi connectivity index (χ4n) is 2.51. The molecule has 1 atom stereocenters. The minimum absolute atomic E-state index is 0.00335. The molecule has 0 unspecified atom stereocenters. The number of aromatic amines is 1. The van der Waals surface area contributed by atoms with Crippen LogP contribution in [-0.2, 0) is 11.2 Å². The number of carbonyl (C=O) groups excluding carboxylic acids is 1. The number of nitrogens with zero attached hydrogens (tertiary/aromatic N) is 1. The first-order chi connectivity index (χ1) is 10.1. The fraction of sp³-hybridized carbons (Fsp3) is 0.438. The normalized spacial score (nSPS) is 12.5. The van der Waals surface area contributed by atoms with Crippen LogP contribution in [0.25, 0.3) is 10.9 Å². The molecule has 114 valence electrons. The zero-order valence-electron chi connectivity index (χ0n) is 12.7. The van der Waals surface area contributed by atoms with Gasteiger partial charge in [0.2, 0.25) is 5.91 Å². The van der Waals surface area contributed by atoms with Gasteiger partial charge in [-0.2, -0.15) is 0 Å². The molecule has 1 aromatic carbocycles. The highest BCUT2D eigenvalue weighted by Crippen LogP contribution is 2.19. The summed E-state index contributed by atoms with van der Waals surface area (Å²) in [7, 11) is 3.72. The fourth-order valence-corrected chi connectivity index (χ4v) is 2.51. The van der Waals surface area contributed by atoms with Crippen molar-refractivity contribution >= 4 is 16.8 Å². The second-order valence-electron chi connectivity index (χ2n) is 5.39. The molecule has 0 aliphatic rings. The Labute approximate surface area is 125 Å². The van der Waals surface area contributed by atoms with Crippen LogP contribution in [0.2, 0.25) is 0 Å². The minimum Gasteiger partial charge on any atom is -0.361 e. The van der Waals surface area contributed by atoms with E-state index < -0.39 is 6.04 Å². The third kappa shape index (κ3) is 3.83. The molecule has 2 aromatic rings. The summed E-state index contributed by atoms with van der Waals surface area (Å²) in [4.78, 5) is 17.2. The Balaban J connectivity index is 1.97. The second kappa shape index (κ2) is 7.24. The summed E-state index contributed by atoms with van der Waals surface area (Å²) in [5.74, 6) is -0.00335. The van der Waals surface area contributed by atoms with E-state index in [1.807, 2.05) is 38.5 Å². The van der Waals surface area contributed by atoms with E-state index in [2.05, 4.69) is 16.4 Å². The van der Waals surface area contributed by atoms with E-state index >= 15 is 0 Å². The van der Waals surface area contributed by atoms with E-state index in [9.17, 15) is 4.79 Å². The molecule has 0 spiro atoms. The number of hydrogen-bond donors (Lipinski definition) is 3. The van der Waals surface area contributed by atoms with Gasteiger partial charge in [0.15, 0.2) is 0 Å². The van der Waals surface area contributed by atoms with Gasteiger partial charge in [-0.3, -0.25) is 4.79 Å². The summed E-state index contributed by atoms with van der Waals surface area (Å²) in [6.45, 7) is 1.62. The van der Waals surface area contributed by atoms with Crippen LogP contribution in [0.15, 0.2) is 30.5 Å². The first-order valence-corrected chi connectivity index (χ1v) is 7.33. The number of benzene rings is 1. The van der Waals surface area contributed by atoms with Gasteiger partial charge in [-0.1, -0.05) is 18.2 Å². The smallest absolute Gasteiger partial charge is 0.239 e. The van der Waals surface area contributed by atoms with Crippen LogP contribution < -0.4 is 11.1 Å². The Morgan fingerprint density at radius 3 is 2.95 bits per heavy atom. The number of H-pyrrole nitrogens is 1. The van der Waals surface area contributed by atoms with Gasteiger partial charge in [0.1, 0.15) is 0 Å². The average Bonchev–Trinajstić information content (AvgIpc) is 2.90. The van der Waals surface area contributed by atoms with E-state index in [4.69, 9.17) is 5.73 Å². The van der Waals surface area contributed by atoms with Gasteiger partial charge in [0.25, 0.3) is 0 Å². The quantitative estimate of drug-likeness (QED) is 0.668. The van der Waals surface area contributed by atoms with Crippen molar-refractivity contribution in [2.45, 2.75) is 18.9 Å². The SMILES string of the molecule is CNCCCN(C)C(=O)[C@H](N)Cc1c[nH]c2ccccc12. The average molecular weight is 288 g/mol. The number of rotatable bonds is 7. The van der Waals surface area contributed by atoms with Gasteiger partial charge in [-0.15, -0.1) is 0 Å². The number of para-hydroxylation sites is 1. The topological polar surface area (TPSA) is 74.2 Å². The standard InChI is InChI=1S/C16H24N4O/c1-18-8-5-9-20(2)16(21)14(17)10-12-11-19-15-7-4-3-6-13(12)15/h3-4,6-7,11,14,18-19H,5,8-10,17H2,1-2H3/t14-/m1/s1. The molecule has 1 aromatic heterocycles. The van der Waals surface area contributed by atoms with Crippen LogP contribution in [0.3, 0.4) is 0 Å². The zero-order valence-corrected chi connectivity index (χ0v) is 12.7. The Hall–Kier alpha value is -1.85. The number of hydrogen-bond acceptors (Lipinski definition) is 3. The molecular weight excluding hydrogens is 264 g/mol. The number of carbonyl (C=O) groups is 1. The van der Waals surface area contributed by atoms with Crippen LogP contribution in [0.1, 0.15) is 12.0 Å². The maximum atomic E-state index is 12.3. The molecule has 2 rings (SSSR count). The third-order valence-electron chi connectivity index (χ3n) is 3.73. The van der Waals surface area contributed by atoms with Gasteiger partial charge >= 0.3 is 0 Å². The van der Waals surface area contributed by atoms with Crippen LogP contribution >= 0.6 is 0 Å². The Kier molecular flexibility index (Phi) is 5.36. The summed E-state index contributed by atoms with van der Waals surface area (Å²) < 4.78 is 0. The van der Waals surface area contributed by atoms with Crippen molar-refractivity contribution in [3.8, 4) is 0 Å². The summed E-state index contributed by atoms with van der Waals surface area (Å²) in [6, 6.07) is 7.56. The number of aromatic nitrogens is 1. The summed E-state index contributed by atoms with van der Waals surface area (Å²) in [5.41, 5.74) is 8.25. The van der Waals surface area contributed by atoms with Crippen molar-refractivity contribution in [1.82, 2.24) is 15.2 Å². The first kappa shape index (κ1) is 15.5. The molecule has 5 heteroatoms. The van der Waals surface area contributed by atoms with Crippen molar-refractivity contribution in [3.63, 3.8) is 0 Å². The molecule has 0 bridgehead atoms. The lowest BCUT2D eigenvalue weighted by molar-refractivity contribution is -0.131. The molecule has 1 heterocycles. The van der Waals surface area contributed by atoms with Gasteiger partial charge < -0.3 is 20.9 Å². The summed E-state index contributed by atoms with van der Waals surface area (Å²) in [6.07, 6.45) is 3.43. The van der Waals surface area contributed by atoms with E-state index in [-0.39, 0.29) is 5.91 Å². The number of likely N-dealkylation sites (N-methyl/N-ethyl adjacent to an activating group) is 1. The molecule has 0 aliphatic heterocycles. The molecule has 0 saturated heterocycles. The van der Waals surface area contributed by atoms with Crippen molar-refractivity contribution in [1.29, 1.82) is 0 Å². The number of nitrogens with two attached hydrogens (primary N) is 1. The summed E-state index contributed by atoms with van der Waals surface area (Å²) in [5, 5.41) is 4.21. The zero-order chi connectivity index (χ0) is 15.2. The molecule has 4 N–H and O–H groups in total. The number of fused-ring (bicyclic) bond motifs is 1. The van der Waals surface area contributed by atoms with Crippen molar-refractivity contribution in [3.05, 3.63) is 36.0 Å². The van der Waals surface area contributed by atoms with Crippen molar-refractivity contribution < 1.29 is 4.79 Å². The third-order valence-corrected chi connectivity index (χ3v) is 3.73. The monoisotopic (exact) mass is 288 g/mol. The van der Waals surface area contributed by atoms with E-state index in [1.165, 1.54) is 0 Å². The van der Waals surface area contributed by atoms with Gasteiger partial charge in [-0.05, 0) is 38.1 Å². The number of amides is 1. The molecular formula is C16H24N4O. The number of nitrogens with one attached hydrogen (secondary N) is 2. The lowest BCUT2D eigenvalue weighted by atomic mass is 10.0. The molecule has 0 aliphatic carbocycles. The van der Waals surface area contributed by atoms with Crippen LogP contribution in [0, 0.1) is 0 Å². The molecule has 5 nitrogen and oxygen atoms in total. The Bertz CT molecular complexity index is 593. The van der Waals surface area contributed by atoms with E-state index in [0.717, 1.165) is 36.0 Å². The Morgan fingerprint density at radius 2 is 2.19 bits per heavy atom. The molecule has 0 radical (unpaired) electrons. The highest BCUT2D eigenvalue weighted by atomic mass is 16.2. The molecule has 21 heavy (non-hydrogen) atoms. The van der Waals surface area contributed by atoms with E-state index in [0.29, 0.717) is 6.42 Å². The van der Waals surface area contributed by atoms with Gasteiger partial charge in [0.05, 0.1) is 6.04 Å². The first-order valence-electron chi connectivity index (χ1n) is 7.33. The Morgan fingerprint density at radius 1 is 1.43 bits per heavy atom. The van der Waals surface area contributed by atoms with Crippen LogP contribution in [0.4, 0.5) is 0 Å². The largest absolute Gasteiger partial charge is 0.361 e. The molecule has 1 amide bonds. The highest BCUT2D eigenvalue weighted by molar-refractivity contribution is 5.86. The molecule has 0 fully saturated rings. The highest BCUT2D eigenvalue weighted by Gasteiger charge is 2.19.